The van der Waals surface area contributed by atoms with Gasteiger partial charge in [0.25, 0.3) is 10.0 Å². The average molecular weight is 388 g/mol. The molecule has 6 nitrogen and oxygen atoms in total. The molecular formula is C17H29N3O3S2. The molecule has 2 heterocycles. The molecule has 1 unspecified atom stereocenters. The Bertz CT molecular complexity index is 692. The smallest absolute Gasteiger partial charge is 0.252 e. The predicted octanol–water partition coefficient (Wildman–Crippen LogP) is 1.68. The van der Waals surface area contributed by atoms with Crippen molar-refractivity contribution in [2.24, 2.45) is 11.3 Å². The fourth-order valence-corrected chi connectivity index (χ4v) is 5.83. The van der Waals surface area contributed by atoms with Gasteiger partial charge in [-0.2, -0.15) is 4.31 Å². The van der Waals surface area contributed by atoms with Crippen molar-refractivity contribution in [2.75, 3.05) is 33.2 Å². The molecule has 25 heavy (non-hydrogen) atoms. The van der Waals surface area contributed by atoms with Gasteiger partial charge in [0.15, 0.2) is 0 Å². The number of carbonyl (C=O) groups excluding carboxylic acids is 1. The Morgan fingerprint density at radius 1 is 1.36 bits per heavy atom. The van der Waals surface area contributed by atoms with Crippen LogP contribution in [-0.4, -0.2) is 51.9 Å². The van der Waals surface area contributed by atoms with Gasteiger partial charge in [-0.3, -0.25) is 4.79 Å². The quantitative estimate of drug-likeness (QED) is 0.746. The summed E-state index contributed by atoms with van der Waals surface area (Å²) in [7, 11) is -1.51. The minimum absolute atomic E-state index is 0.00421. The molecule has 1 saturated heterocycles. The number of thiophene rings is 1. The standard InChI is InChI=1S/C17H29N3O3S2/c1-17(2,3)16(21)19-9-7-14-5-6-15(24-14)25(22,23)20-10-8-13(12-20)11-18-4/h5-6,13,18H,7-12H2,1-4H3,(H,19,21). The molecule has 0 bridgehead atoms. The average Bonchev–Trinajstić information content (AvgIpc) is 3.16. The second-order valence-electron chi connectivity index (χ2n) is 7.55. The van der Waals surface area contributed by atoms with Crippen molar-refractivity contribution in [3.63, 3.8) is 0 Å². The molecule has 2 N–H and O–H groups in total. The van der Waals surface area contributed by atoms with E-state index in [1.165, 1.54) is 11.3 Å². The zero-order chi connectivity index (χ0) is 18.7. The molecule has 1 aromatic heterocycles. The summed E-state index contributed by atoms with van der Waals surface area (Å²) in [6.07, 6.45) is 1.54. The van der Waals surface area contributed by atoms with Gasteiger partial charge < -0.3 is 10.6 Å². The summed E-state index contributed by atoms with van der Waals surface area (Å²) < 4.78 is 27.5. The van der Waals surface area contributed by atoms with Crippen LogP contribution in [0.4, 0.5) is 0 Å². The SMILES string of the molecule is CNCC1CCN(S(=O)(=O)c2ccc(CCNC(=O)C(C)(C)C)s2)C1. The normalized spacial score (nSPS) is 19.3. The first-order valence-electron chi connectivity index (χ1n) is 8.66. The predicted molar refractivity (Wildman–Crippen MR) is 101 cm³/mol. The highest BCUT2D eigenvalue weighted by atomic mass is 32.2. The van der Waals surface area contributed by atoms with Crippen LogP contribution in [0.5, 0.6) is 0 Å². The van der Waals surface area contributed by atoms with Gasteiger partial charge in [0.1, 0.15) is 4.21 Å². The van der Waals surface area contributed by atoms with Crippen molar-refractivity contribution in [1.82, 2.24) is 14.9 Å². The number of carbonyl (C=O) groups is 1. The van der Waals surface area contributed by atoms with Crippen LogP contribution in [0.25, 0.3) is 0 Å². The van der Waals surface area contributed by atoms with Crippen molar-refractivity contribution in [1.29, 1.82) is 0 Å². The fourth-order valence-electron chi connectivity index (χ4n) is 2.79. The van der Waals surface area contributed by atoms with E-state index in [1.807, 2.05) is 33.9 Å². The molecule has 2 rings (SSSR count). The van der Waals surface area contributed by atoms with E-state index < -0.39 is 15.4 Å². The molecule has 1 aromatic rings. The van der Waals surface area contributed by atoms with Crippen LogP contribution in [0.1, 0.15) is 32.1 Å². The van der Waals surface area contributed by atoms with Crippen LogP contribution >= 0.6 is 11.3 Å². The number of hydrogen-bond donors (Lipinski definition) is 2. The monoisotopic (exact) mass is 387 g/mol. The summed E-state index contributed by atoms with van der Waals surface area (Å²) in [5.41, 5.74) is -0.413. The van der Waals surface area contributed by atoms with E-state index in [2.05, 4.69) is 10.6 Å². The minimum Gasteiger partial charge on any atom is -0.355 e. The van der Waals surface area contributed by atoms with Gasteiger partial charge >= 0.3 is 0 Å². The summed E-state index contributed by atoms with van der Waals surface area (Å²) in [6, 6.07) is 3.54. The summed E-state index contributed by atoms with van der Waals surface area (Å²) in [5.74, 6) is 0.386. The van der Waals surface area contributed by atoms with Gasteiger partial charge in [-0.25, -0.2) is 8.42 Å². The van der Waals surface area contributed by atoms with Crippen molar-refractivity contribution in [3.05, 3.63) is 17.0 Å². The third kappa shape index (κ3) is 5.26. The zero-order valence-electron chi connectivity index (χ0n) is 15.5. The molecule has 1 fully saturated rings. The Kier molecular flexibility index (Phi) is 6.64. The molecule has 1 aliphatic rings. The topological polar surface area (TPSA) is 78.5 Å². The van der Waals surface area contributed by atoms with Crippen LogP contribution in [-0.2, 0) is 21.2 Å². The lowest BCUT2D eigenvalue weighted by molar-refractivity contribution is -0.128. The van der Waals surface area contributed by atoms with Crippen molar-refractivity contribution >= 4 is 27.3 Å². The Morgan fingerprint density at radius 2 is 2.08 bits per heavy atom. The second-order valence-corrected chi connectivity index (χ2v) is 10.9. The molecule has 1 aliphatic heterocycles. The van der Waals surface area contributed by atoms with E-state index in [0.717, 1.165) is 17.8 Å². The molecular weight excluding hydrogens is 358 g/mol. The summed E-state index contributed by atoms with van der Waals surface area (Å²) in [6.45, 7) is 8.14. The van der Waals surface area contributed by atoms with Gasteiger partial charge in [-0.1, -0.05) is 20.8 Å². The maximum atomic E-state index is 12.8. The fraction of sp³-hybridized carbons (Fsp3) is 0.706. The molecule has 0 aromatic carbocycles. The summed E-state index contributed by atoms with van der Waals surface area (Å²) in [4.78, 5) is 12.8. The van der Waals surface area contributed by atoms with E-state index in [4.69, 9.17) is 0 Å². The maximum Gasteiger partial charge on any atom is 0.252 e. The van der Waals surface area contributed by atoms with E-state index in [-0.39, 0.29) is 5.91 Å². The largest absolute Gasteiger partial charge is 0.355 e. The summed E-state index contributed by atoms with van der Waals surface area (Å²) in [5, 5.41) is 6.01. The maximum absolute atomic E-state index is 12.8. The van der Waals surface area contributed by atoms with E-state index >= 15 is 0 Å². The third-order valence-corrected chi connectivity index (χ3v) is 7.79. The highest BCUT2D eigenvalue weighted by molar-refractivity contribution is 7.91. The first-order valence-corrected chi connectivity index (χ1v) is 10.9. The van der Waals surface area contributed by atoms with E-state index in [0.29, 0.717) is 36.2 Å². The Hall–Kier alpha value is -0.960. The van der Waals surface area contributed by atoms with Crippen LogP contribution in [0.3, 0.4) is 0 Å². The van der Waals surface area contributed by atoms with Crippen LogP contribution in [0.2, 0.25) is 0 Å². The molecule has 0 spiro atoms. The van der Waals surface area contributed by atoms with Crippen molar-refractivity contribution in [2.45, 2.75) is 37.8 Å². The lowest BCUT2D eigenvalue weighted by atomic mass is 9.96. The Morgan fingerprint density at radius 3 is 2.72 bits per heavy atom. The zero-order valence-corrected chi connectivity index (χ0v) is 17.1. The van der Waals surface area contributed by atoms with Crippen molar-refractivity contribution in [3.8, 4) is 0 Å². The Balaban J connectivity index is 1.93. The number of nitrogens with zero attached hydrogens (tertiary/aromatic N) is 1. The first kappa shape index (κ1) is 20.4. The molecule has 142 valence electrons. The van der Waals surface area contributed by atoms with Crippen LogP contribution < -0.4 is 10.6 Å². The third-order valence-electron chi connectivity index (χ3n) is 4.31. The highest BCUT2D eigenvalue weighted by Gasteiger charge is 2.33. The number of rotatable bonds is 7. The molecule has 1 atom stereocenters. The van der Waals surface area contributed by atoms with Gasteiger partial charge in [-0.05, 0) is 44.5 Å². The van der Waals surface area contributed by atoms with Crippen LogP contribution in [0, 0.1) is 11.3 Å². The first-order chi connectivity index (χ1) is 11.6. The molecule has 0 aliphatic carbocycles. The number of sulfonamides is 1. The molecule has 8 heteroatoms. The van der Waals surface area contributed by atoms with Crippen LogP contribution in [0.15, 0.2) is 16.3 Å². The van der Waals surface area contributed by atoms with Gasteiger partial charge in [0.2, 0.25) is 5.91 Å². The minimum atomic E-state index is -3.40. The highest BCUT2D eigenvalue weighted by Crippen LogP contribution is 2.29. The lowest BCUT2D eigenvalue weighted by Gasteiger charge is -2.17. The van der Waals surface area contributed by atoms with Gasteiger partial charge in [0, 0.05) is 29.9 Å². The van der Waals surface area contributed by atoms with E-state index in [9.17, 15) is 13.2 Å². The number of nitrogens with one attached hydrogen (secondary N) is 2. The Labute approximate surface area is 155 Å². The second kappa shape index (κ2) is 8.16. The van der Waals surface area contributed by atoms with Gasteiger partial charge in [0.05, 0.1) is 0 Å². The summed E-state index contributed by atoms with van der Waals surface area (Å²) >= 11 is 1.30. The number of hydrogen-bond acceptors (Lipinski definition) is 5. The van der Waals surface area contributed by atoms with E-state index in [1.54, 1.807) is 10.4 Å². The molecule has 1 amide bonds. The molecule has 0 saturated carbocycles. The van der Waals surface area contributed by atoms with Crippen molar-refractivity contribution < 1.29 is 13.2 Å². The lowest BCUT2D eigenvalue weighted by Crippen LogP contribution is -2.35. The van der Waals surface area contributed by atoms with Gasteiger partial charge in [-0.15, -0.1) is 11.3 Å². The number of amides is 1. The molecule has 0 radical (unpaired) electrons.